The van der Waals surface area contributed by atoms with Crippen molar-refractivity contribution in [3.63, 3.8) is 0 Å². The Balaban J connectivity index is 2.18. The minimum Gasteiger partial charge on any atom is -0.302 e. The highest BCUT2D eigenvalue weighted by atomic mass is 15.1. The van der Waals surface area contributed by atoms with E-state index in [9.17, 15) is 0 Å². The van der Waals surface area contributed by atoms with Gasteiger partial charge in [-0.15, -0.1) is 12.3 Å². The van der Waals surface area contributed by atoms with Gasteiger partial charge in [-0.25, -0.2) is 0 Å². The highest BCUT2D eigenvalue weighted by molar-refractivity contribution is 4.99. The zero-order valence-electron chi connectivity index (χ0n) is 6.97. The predicted molar refractivity (Wildman–Crippen MR) is 48.3 cm³/mol. The van der Waals surface area contributed by atoms with Crippen molar-refractivity contribution in [2.24, 2.45) is 0 Å². The van der Waals surface area contributed by atoms with E-state index in [4.69, 9.17) is 6.42 Å². The van der Waals surface area contributed by atoms with E-state index in [2.05, 4.69) is 17.4 Å². The summed E-state index contributed by atoms with van der Waals surface area (Å²) in [6, 6.07) is 0. The first-order valence-electron chi connectivity index (χ1n) is 4.15. The topological polar surface area (TPSA) is 3.24 Å². The zero-order valence-corrected chi connectivity index (χ0v) is 6.97. The fourth-order valence-corrected chi connectivity index (χ4v) is 1.32. The van der Waals surface area contributed by atoms with Gasteiger partial charge in [0.1, 0.15) is 0 Å². The maximum absolute atomic E-state index is 5.18. The van der Waals surface area contributed by atoms with E-state index in [1.54, 1.807) is 0 Å². The normalized spacial score (nSPS) is 19.7. The van der Waals surface area contributed by atoms with Crippen LogP contribution in [0.4, 0.5) is 0 Å². The van der Waals surface area contributed by atoms with E-state index in [0.29, 0.717) is 0 Å². The summed E-state index contributed by atoms with van der Waals surface area (Å²) >= 11 is 0. The number of rotatable bonds is 2. The zero-order chi connectivity index (χ0) is 8.10. The molecule has 0 amide bonds. The van der Waals surface area contributed by atoms with E-state index in [0.717, 1.165) is 38.9 Å². The molecule has 0 N–H and O–H groups in total. The highest BCUT2D eigenvalue weighted by Gasteiger charge is 2.10. The third-order valence-electron chi connectivity index (χ3n) is 2.14. The molecule has 0 bridgehead atoms. The summed E-state index contributed by atoms with van der Waals surface area (Å²) in [4.78, 5) is 2.41. The molecule has 0 atom stereocenters. The molecule has 1 heteroatoms. The lowest BCUT2D eigenvalue weighted by molar-refractivity contribution is 0.263. The molecule has 1 heterocycles. The summed E-state index contributed by atoms with van der Waals surface area (Å²) < 4.78 is 0. The molecule has 60 valence electrons. The summed E-state index contributed by atoms with van der Waals surface area (Å²) in [6.07, 6.45) is 8.37. The lowest BCUT2D eigenvalue weighted by Gasteiger charge is -2.26. The molecular weight excluding hydrogens is 134 g/mol. The fourth-order valence-electron chi connectivity index (χ4n) is 1.32. The second kappa shape index (κ2) is 4.20. The monoisotopic (exact) mass is 149 g/mol. The molecule has 1 saturated heterocycles. The van der Waals surface area contributed by atoms with Gasteiger partial charge >= 0.3 is 0 Å². The minimum atomic E-state index is 0.881. The van der Waals surface area contributed by atoms with Gasteiger partial charge < -0.3 is 4.90 Å². The van der Waals surface area contributed by atoms with Crippen LogP contribution >= 0.6 is 0 Å². The van der Waals surface area contributed by atoms with Crippen LogP contribution in [0.15, 0.2) is 12.2 Å². The first kappa shape index (κ1) is 8.36. The van der Waals surface area contributed by atoms with E-state index in [1.807, 2.05) is 0 Å². The van der Waals surface area contributed by atoms with E-state index < -0.39 is 0 Å². The second-order valence-electron chi connectivity index (χ2n) is 3.05. The summed E-state index contributed by atoms with van der Waals surface area (Å²) in [6.45, 7) is 7.33. The lowest BCUT2D eigenvalue weighted by atomic mass is 10.1. The van der Waals surface area contributed by atoms with Gasteiger partial charge in [-0.1, -0.05) is 12.2 Å². The van der Waals surface area contributed by atoms with Crippen molar-refractivity contribution >= 4 is 0 Å². The standard InChI is InChI=1S/C10H15N/c1-3-4-7-11-8-5-10(2)6-9-11/h1H,2,4-9H2. The third kappa shape index (κ3) is 2.78. The molecule has 0 saturated carbocycles. The summed E-state index contributed by atoms with van der Waals surface area (Å²) in [5.74, 6) is 2.66. The van der Waals surface area contributed by atoms with Crippen molar-refractivity contribution in [3.8, 4) is 12.3 Å². The molecule has 1 nitrogen and oxygen atoms in total. The van der Waals surface area contributed by atoms with Crippen LogP contribution in [0.3, 0.4) is 0 Å². The molecule has 11 heavy (non-hydrogen) atoms. The summed E-state index contributed by atoms with van der Waals surface area (Å²) in [5, 5.41) is 0. The molecule has 1 aliphatic heterocycles. The Morgan fingerprint density at radius 1 is 1.45 bits per heavy atom. The van der Waals surface area contributed by atoms with Crippen LogP contribution in [0.25, 0.3) is 0 Å². The van der Waals surface area contributed by atoms with Gasteiger partial charge in [0.15, 0.2) is 0 Å². The number of piperidine rings is 1. The number of nitrogens with zero attached hydrogens (tertiary/aromatic N) is 1. The van der Waals surface area contributed by atoms with Crippen LogP contribution in [0.5, 0.6) is 0 Å². The molecule has 0 aromatic carbocycles. The number of hydrogen-bond donors (Lipinski definition) is 0. The Hall–Kier alpha value is -0.740. The van der Waals surface area contributed by atoms with Gasteiger partial charge in [-0.05, 0) is 12.8 Å². The van der Waals surface area contributed by atoms with E-state index in [1.165, 1.54) is 5.57 Å². The van der Waals surface area contributed by atoms with Gasteiger partial charge in [0.05, 0.1) is 0 Å². The molecule has 0 aromatic heterocycles. The molecule has 0 aliphatic carbocycles. The van der Waals surface area contributed by atoms with Gasteiger partial charge in [0, 0.05) is 26.1 Å². The molecule has 1 rings (SSSR count). The Bertz CT molecular complexity index is 166. The van der Waals surface area contributed by atoms with Gasteiger partial charge in [-0.3, -0.25) is 0 Å². The SMILES string of the molecule is C#CCCN1CCC(=C)CC1. The summed E-state index contributed by atoms with van der Waals surface area (Å²) in [7, 11) is 0. The fraction of sp³-hybridized carbons (Fsp3) is 0.600. The smallest absolute Gasteiger partial charge is 0.0214 e. The molecule has 1 aliphatic rings. The molecule has 0 unspecified atom stereocenters. The van der Waals surface area contributed by atoms with E-state index in [-0.39, 0.29) is 0 Å². The lowest BCUT2D eigenvalue weighted by Crippen LogP contribution is -2.31. The van der Waals surface area contributed by atoms with Crippen molar-refractivity contribution in [1.29, 1.82) is 0 Å². The minimum absolute atomic E-state index is 0.881. The third-order valence-corrected chi connectivity index (χ3v) is 2.14. The Morgan fingerprint density at radius 3 is 2.64 bits per heavy atom. The number of likely N-dealkylation sites (tertiary alicyclic amines) is 1. The van der Waals surface area contributed by atoms with Crippen molar-refractivity contribution in [3.05, 3.63) is 12.2 Å². The molecule has 0 radical (unpaired) electrons. The van der Waals surface area contributed by atoms with Gasteiger partial charge in [-0.2, -0.15) is 0 Å². The largest absolute Gasteiger partial charge is 0.302 e. The molecular formula is C10H15N. The van der Waals surface area contributed by atoms with Crippen molar-refractivity contribution in [2.75, 3.05) is 19.6 Å². The van der Waals surface area contributed by atoms with Crippen LogP contribution in [-0.4, -0.2) is 24.5 Å². The number of terminal acetylenes is 1. The van der Waals surface area contributed by atoms with Crippen molar-refractivity contribution in [1.82, 2.24) is 4.90 Å². The molecule has 0 aromatic rings. The Kier molecular flexibility index (Phi) is 3.19. The van der Waals surface area contributed by atoms with E-state index >= 15 is 0 Å². The van der Waals surface area contributed by atoms with Crippen LogP contribution in [0.2, 0.25) is 0 Å². The van der Waals surface area contributed by atoms with Crippen molar-refractivity contribution in [2.45, 2.75) is 19.3 Å². The van der Waals surface area contributed by atoms with Crippen molar-refractivity contribution < 1.29 is 0 Å². The van der Waals surface area contributed by atoms with Gasteiger partial charge in [0.25, 0.3) is 0 Å². The Labute approximate surface area is 69.1 Å². The molecule has 0 spiro atoms. The average Bonchev–Trinajstić information content (AvgIpc) is 2.04. The van der Waals surface area contributed by atoms with Crippen LogP contribution in [0.1, 0.15) is 19.3 Å². The van der Waals surface area contributed by atoms with Gasteiger partial charge in [0.2, 0.25) is 0 Å². The maximum atomic E-state index is 5.18. The average molecular weight is 149 g/mol. The summed E-state index contributed by atoms with van der Waals surface area (Å²) in [5.41, 5.74) is 1.39. The van der Waals surface area contributed by atoms with Crippen LogP contribution < -0.4 is 0 Å². The first-order chi connectivity index (χ1) is 5.33. The Morgan fingerprint density at radius 2 is 2.09 bits per heavy atom. The predicted octanol–water partition coefficient (Wildman–Crippen LogP) is 1.66. The van der Waals surface area contributed by atoms with Crippen LogP contribution in [0, 0.1) is 12.3 Å². The van der Waals surface area contributed by atoms with Crippen LogP contribution in [-0.2, 0) is 0 Å². The number of hydrogen-bond acceptors (Lipinski definition) is 1. The highest BCUT2D eigenvalue weighted by Crippen LogP contribution is 2.13. The quantitative estimate of drug-likeness (QED) is 0.426. The maximum Gasteiger partial charge on any atom is 0.0214 e. The second-order valence-corrected chi connectivity index (χ2v) is 3.05. The molecule has 1 fully saturated rings. The first-order valence-corrected chi connectivity index (χ1v) is 4.15.